The van der Waals surface area contributed by atoms with Gasteiger partial charge in [-0.3, -0.25) is 4.68 Å². The van der Waals surface area contributed by atoms with Gasteiger partial charge in [-0.2, -0.15) is 5.10 Å². The SMILES string of the molecule is COCC(F)Cn1nc(C)cc1C. The van der Waals surface area contributed by atoms with Gasteiger partial charge in [0.2, 0.25) is 0 Å². The van der Waals surface area contributed by atoms with Crippen LogP contribution in [0.1, 0.15) is 11.4 Å². The second-order valence-corrected chi connectivity index (χ2v) is 3.16. The summed E-state index contributed by atoms with van der Waals surface area (Å²) in [6.45, 7) is 4.21. The number of nitrogens with zero attached hydrogens (tertiary/aromatic N) is 2. The van der Waals surface area contributed by atoms with E-state index in [-0.39, 0.29) is 13.2 Å². The zero-order valence-corrected chi connectivity index (χ0v) is 8.25. The molecule has 0 spiro atoms. The third-order valence-electron chi connectivity index (χ3n) is 1.82. The average molecular weight is 186 g/mol. The molecule has 0 fully saturated rings. The van der Waals surface area contributed by atoms with Gasteiger partial charge in [0.15, 0.2) is 0 Å². The highest BCUT2D eigenvalue weighted by atomic mass is 19.1. The summed E-state index contributed by atoms with van der Waals surface area (Å²) in [4.78, 5) is 0. The number of halogens is 1. The van der Waals surface area contributed by atoms with E-state index in [2.05, 4.69) is 5.10 Å². The molecule has 0 saturated heterocycles. The molecule has 4 heteroatoms. The minimum atomic E-state index is -0.983. The highest BCUT2D eigenvalue weighted by Crippen LogP contribution is 2.04. The lowest BCUT2D eigenvalue weighted by Gasteiger charge is -2.08. The second-order valence-electron chi connectivity index (χ2n) is 3.16. The fourth-order valence-electron chi connectivity index (χ4n) is 1.28. The molecule has 0 aliphatic heterocycles. The number of ether oxygens (including phenoxy) is 1. The van der Waals surface area contributed by atoms with E-state index >= 15 is 0 Å². The van der Waals surface area contributed by atoms with Crippen molar-refractivity contribution in [1.29, 1.82) is 0 Å². The van der Waals surface area contributed by atoms with Crippen molar-refractivity contribution in [3.05, 3.63) is 17.5 Å². The normalized spacial score (nSPS) is 13.2. The van der Waals surface area contributed by atoms with Crippen molar-refractivity contribution in [1.82, 2.24) is 9.78 Å². The van der Waals surface area contributed by atoms with Gasteiger partial charge in [0.25, 0.3) is 0 Å². The zero-order valence-electron chi connectivity index (χ0n) is 8.25. The Kier molecular flexibility index (Phi) is 3.42. The first-order valence-electron chi connectivity index (χ1n) is 4.27. The number of hydrogen-bond donors (Lipinski definition) is 0. The molecule has 0 bridgehead atoms. The summed E-state index contributed by atoms with van der Waals surface area (Å²) < 4.78 is 19.5. The van der Waals surface area contributed by atoms with Crippen LogP contribution >= 0.6 is 0 Å². The Morgan fingerprint density at radius 2 is 2.31 bits per heavy atom. The van der Waals surface area contributed by atoms with E-state index in [0.717, 1.165) is 11.4 Å². The van der Waals surface area contributed by atoms with E-state index in [0.29, 0.717) is 0 Å². The molecule has 1 unspecified atom stereocenters. The minimum Gasteiger partial charge on any atom is -0.382 e. The van der Waals surface area contributed by atoms with Crippen LogP contribution in [-0.4, -0.2) is 29.7 Å². The third-order valence-corrected chi connectivity index (χ3v) is 1.82. The Bertz CT molecular complexity index is 273. The smallest absolute Gasteiger partial charge is 0.143 e. The van der Waals surface area contributed by atoms with Gasteiger partial charge < -0.3 is 4.74 Å². The molecule has 0 N–H and O–H groups in total. The summed E-state index contributed by atoms with van der Waals surface area (Å²) in [5.74, 6) is 0. The van der Waals surface area contributed by atoms with Crippen molar-refractivity contribution >= 4 is 0 Å². The molecule has 0 aromatic carbocycles. The number of hydrogen-bond acceptors (Lipinski definition) is 2. The molecule has 0 aliphatic carbocycles. The summed E-state index contributed by atoms with van der Waals surface area (Å²) in [6, 6.07) is 1.93. The first-order chi connectivity index (χ1) is 6.13. The van der Waals surface area contributed by atoms with E-state index < -0.39 is 6.17 Å². The molecule has 74 valence electrons. The van der Waals surface area contributed by atoms with Crippen LogP contribution in [-0.2, 0) is 11.3 Å². The standard InChI is InChI=1S/C9H15FN2O/c1-7-4-8(2)12(11-7)5-9(10)6-13-3/h4,9H,5-6H2,1-3H3. The van der Waals surface area contributed by atoms with Gasteiger partial charge in [-0.1, -0.05) is 0 Å². The zero-order chi connectivity index (χ0) is 9.84. The van der Waals surface area contributed by atoms with Crippen LogP contribution in [0.25, 0.3) is 0 Å². The van der Waals surface area contributed by atoms with Gasteiger partial charge in [-0.05, 0) is 19.9 Å². The largest absolute Gasteiger partial charge is 0.382 e. The average Bonchev–Trinajstić information content (AvgIpc) is 2.30. The number of methoxy groups -OCH3 is 1. The fraction of sp³-hybridized carbons (Fsp3) is 0.667. The summed E-state index contributed by atoms with van der Waals surface area (Å²) in [5.41, 5.74) is 1.90. The van der Waals surface area contributed by atoms with Gasteiger partial charge in [0, 0.05) is 12.8 Å². The lowest BCUT2D eigenvalue weighted by molar-refractivity contribution is 0.111. The van der Waals surface area contributed by atoms with Crippen LogP contribution in [0.4, 0.5) is 4.39 Å². The van der Waals surface area contributed by atoms with Crippen molar-refractivity contribution in [2.75, 3.05) is 13.7 Å². The van der Waals surface area contributed by atoms with Gasteiger partial charge in [-0.25, -0.2) is 4.39 Å². The first kappa shape index (κ1) is 10.2. The minimum absolute atomic E-state index is 0.123. The molecular weight excluding hydrogens is 171 g/mol. The number of aromatic nitrogens is 2. The van der Waals surface area contributed by atoms with E-state index in [1.54, 1.807) is 4.68 Å². The lowest BCUT2D eigenvalue weighted by Crippen LogP contribution is -2.18. The van der Waals surface area contributed by atoms with Gasteiger partial charge >= 0.3 is 0 Å². The maximum absolute atomic E-state index is 13.1. The third kappa shape index (κ3) is 2.81. The molecule has 1 aromatic rings. The number of alkyl halides is 1. The first-order valence-corrected chi connectivity index (χ1v) is 4.27. The Morgan fingerprint density at radius 1 is 1.62 bits per heavy atom. The molecule has 0 radical (unpaired) electrons. The lowest BCUT2D eigenvalue weighted by atomic mass is 10.4. The van der Waals surface area contributed by atoms with Crippen LogP contribution in [0.3, 0.4) is 0 Å². The van der Waals surface area contributed by atoms with Crippen LogP contribution < -0.4 is 0 Å². The van der Waals surface area contributed by atoms with Crippen LogP contribution in [0.5, 0.6) is 0 Å². The predicted molar refractivity (Wildman–Crippen MR) is 48.5 cm³/mol. The summed E-state index contributed by atoms with van der Waals surface area (Å²) in [7, 11) is 1.49. The monoisotopic (exact) mass is 186 g/mol. The molecule has 1 atom stereocenters. The molecule has 0 aliphatic rings. The van der Waals surface area contributed by atoms with E-state index in [4.69, 9.17) is 4.74 Å². The van der Waals surface area contributed by atoms with Crippen LogP contribution in [0, 0.1) is 13.8 Å². The Morgan fingerprint density at radius 3 is 2.77 bits per heavy atom. The topological polar surface area (TPSA) is 27.1 Å². The van der Waals surface area contributed by atoms with Gasteiger partial charge in [-0.15, -0.1) is 0 Å². The summed E-state index contributed by atoms with van der Waals surface area (Å²) in [6.07, 6.45) is -0.983. The molecule has 0 saturated carbocycles. The molecule has 1 aromatic heterocycles. The van der Waals surface area contributed by atoms with E-state index in [1.807, 2.05) is 19.9 Å². The van der Waals surface area contributed by atoms with E-state index in [1.165, 1.54) is 7.11 Å². The van der Waals surface area contributed by atoms with Crippen molar-refractivity contribution in [2.45, 2.75) is 26.6 Å². The molecule has 1 heterocycles. The van der Waals surface area contributed by atoms with Crippen molar-refractivity contribution in [3.8, 4) is 0 Å². The van der Waals surface area contributed by atoms with Crippen molar-refractivity contribution < 1.29 is 9.13 Å². The van der Waals surface area contributed by atoms with Crippen LogP contribution in [0.2, 0.25) is 0 Å². The second kappa shape index (κ2) is 4.37. The Labute approximate surface area is 77.5 Å². The number of aryl methyl sites for hydroxylation is 2. The highest BCUT2D eigenvalue weighted by Gasteiger charge is 2.09. The van der Waals surface area contributed by atoms with Crippen LogP contribution in [0.15, 0.2) is 6.07 Å². The molecule has 1 rings (SSSR count). The maximum atomic E-state index is 13.1. The molecule has 13 heavy (non-hydrogen) atoms. The highest BCUT2D eigenvalue weighted by molar-refractivity contribution is 5.06. The maximum Gasteiger partial charge on any atom is 0.143 e. The Balaban J connectivity index is 2.57. The van der Waals surface area contributed by atoms with Gasteiger partial charge in [0.1, 0.15) is 6.17 Å². The predicted octanol–water partition coefficient (Wildman–Crippen LogP) is 1.48. The fourth-order valence-corrected chi connectivity index (χ4v) is 1.28. The van der Waals surface area contributed by atoms with Crippen molar-refractivity contribution in [3.63, 3.8) is 0 Å². The van der Waals surface area contributed by atoms with E-state index in [9.17, 15) is 4.39 Å². The quantitative estimate of drug-likeness (QED) is 0.712. The molecule has 0 amide bonds. The number of rotatable bonds is 4. The molecular formula is C9H15FN2O. The van der Waals surface area contributed by atoms with Gasteiger partial charge in [0.05, 0.1) is 18.8 Å². The van der Waals surface area contributed by atoms with Crippen molar-refractivity contribution in [2.24, 2.45) is 0 Å². The summed E-state index contributed by atoms with van der Waals surface area (Å²) in [5, 5.41) is 4.15. The molecule has 3 nitrogen and oxygen atoms in total. The Hall–Kier alpha value is -0.900. The summed E-state index contributed by atoms with van der Waals surface area (Å²) >= 11 is 0.